The van der Waals surface area contributed by atoms with E-state index in [1.165, 1.54) is 19.2 Å². The van der Waals surface area contributed by atoms with Crippen molar-refractivity contribution >= 4 is 11.6 Å². The lowest BCUT2D eigenvalue weighted by molar-refractivity contribution is -0.136. The third-order valence-electron chi connectivity index (χ3n) is 3.73. The maximum Gasteiger partial charge on any atom is 0.418 e. The number of likely N-dealkylation sites (tertiary alicyclic amines) is 1. The number of carbonyl (C=O) groups excluding carboxylic acids is 1. The molecule has 0 spiro atoms. The van der Waals surface area contributed by atoms with Crippen molar-refractivity contribution in [2.75, 3.05) is 25.5 Å². The van der Waals surface area contributed by atoms with Crippen LogP contribution >= 0.6 is 0 Å². The zero-order chi connectivity index (χ0) is 15.5. The number of alkyl halides is 3. The minimum Gasteiger partial charge on any atom is -0.388 e. The van der Waals surface area contributed by atoms with E-state index in [0.29, 0.717) is 13.1 Å². The molecular weight excluding hydrogens is 281 g/mol. The lowest BCUT2D eigenvalue weighted by Gasteiger charge is -2.21. The van der Waals surface area contributed by atoms with Crippen molar-refractivity contribution in [1.82, 2.24) is 4.90 Å². The summed E-state index contributed by atoms with van der Waals surface area (Å²) in [5.41, 5.74) is -0.719. The number of nitrogens with one attached hydrogen (secondary N) is 1. The number of benzene rings is 1. The Hall–Kier alpha value is -1.72. The smallest absolute Gasteiger partial charge is 0.388 e. The van der Waals surface area contributed by atoms with Crippen molar-refractivity contribution in [3.05, 3.63) is 29.3 Å². The van der Waals surface area contributed by atoms with Gasteiger partial charge in [0, 0.05) is 31.4 Å². The number of halogens is 3. The molecule has 1 aliphatic heterocycles. The zero-order valence-corrected chi connectivity index (χ0v) is 12.0. The molecule has 1 fully saturated rings. The molecule has 0 radical (unpaired) electrons. The maximum atomic E-state index is 13.0. The number of amides is 1. The van der Waals surface area contributed by atoms with Gasteiger partial charge in [-0.25, -0.2) is 0 Å². The van der Waals surface area contributed by atoms with Crippen molar-refractivity contribution < 1.29 is 18.0 Å². The van der Waals surface area contributed by atoms with Gasteiger partial charge >= 0.3 is 6.18 Å². The fraction of sp³-hybridized carbons (Fsp3) is 0.533. The van der Waals surface area contributed by atoms with E-state index in [1.54, 1.807) is 4.90 Å². The van der Waals surface area contributed by atoms with Gasteiger partial charge in [-0.15, -0.1) is 0 Å². The Labute approximate surface area is 122 Å². The van der Waals surface area contributed by atoms with E-state index >= 15 is 0 Å². The first-order chi connectivity index (χ1) is 9.93. The quantitative estimate of drug-likeness (QED) is 0.902. The molecule has 1 N–H and O–H groups in total. The van der Waals surface area contributed by atoms with Crippen LogP contribution in [0.5, 0.6) is 0 Å². The van der Waals surface area contributed by atoms with Crippen LogP contribution in [0.4, 0.5) is 18.9 Å². The molecule has 0 bridgehead atoms. The van der Waals surface area contributed by atoms with Crippen LogP contribution in [0, 0.1) is 0 Å². The highest BCUT2D eigenvalue weighted by atomic mass is 19.4. The number of rotatable bonds is 2. The zero-order valence-electron chi connectivity index (χ0n) is 12.0. The molecule has 0 aliphatic carbocycles. The van der Waals surface area contributed by atoms with E-state index in [0.717, 1.165) is 31.7 Å². The van der Waals surface area contributed by atoms with Crippen LogP contribution in [0.25, 0.3) is 0 Å². The summed E-state index contributed by atoms with van der Waals surface area (Å²) in [6.45, 7) is 1.24. The normalized spacial score (nSPS) is 16.5. The van der Waals surface area contributed by atoms with Crippen LogP contribution in [0.1, 0.15) is 41.6 Å². The van der Waals surface area contributed by atoms with Crippen molar-refractivity contribution in [3.8, 4) is 0 Å². The molecule has 21 heavy (non-hydrogen) atoms. The molecule has 2 rings (SSSR count). The van der Waals surface area contributed by atoms with Gasteiger partial charge in [-0.3, -0.25) is 4.79 Å². The SMILES string of the molecule is CNc1ccc(C(=O)N2CCCCCC2)cc1C(F)(F)F. The van der Waals surface area contributed by atoms with Crippen LogP contribution in [0.3, 0.4) is 0 Å². The second-order valence-electron chi connectivity index (χ2n) is 5.21. The van der Waals surface area contributed by atoms with Gasteiger partial charge in [0.25, 0.3) is 5.91 Å². The molecule has 3 nitrogen and oxygen atoms in total. The maximum absolute atomic E-state index is 13.0. The van der Waals surface area contributed by atoms with Gasteiger partial charge in [0.1, 0.15) is 0 Å². The molecule has 1 aromatic rings. The van der Waals surface area contributed by atoms with Gasteiger partial charge in [0.05, 0.1) is 5.56 Å². The van der Waals surface area contributed by atoms with E-state index in [9.17, 15) is 18.0 Å². The Balaban J connectivity index is 2.29. The number of hydrogen-bond acceptors (Lipinski definition) is 2. The Kier molecular flexibility index (Phi) is 4.75. The third-order valence-corrected chi connectivity index (χ3v) is 3.73. The van der Waals surface area contributed by atoms with Crippen LogP contribution in [0.15, 0.2) is 18.2 Å². The van der Waals surface area contributed by atoms with E-state index < -0.39 is 11.7 Å². The van der Waals surface area contributed by atoms with Crippen LogP contribution in [0.2, 0.25) is 0 Å². The van der Waals surface area contributed by atoms with Gasteiger partial charge in [-0.05, 0) is 31.0 Å². The molecule has 0 aromatic heterocycles. The predicted molar refractivity (Wildman–Crippen MR) is 75.4 cm³/mol. The summed E-state index contributed by atoms with van der Waals surface area (Å²) in [7, 11) is 1.43. The van der Waals surface area contributed by atoms with Crippen molar-refractivity contribution in [1.29, 1.82) is 0 Å². The highest BCUT2D eigenvalue weighted by molar-refractivity contribution is 5.95. The standard InChI is InChI=1S/C15H19F3N2O/c1-19-13-7-6-11(10-12(13)15(16,17)18)14(21)20-8-4-2-3-5-9-20/h6-7,10,19H,2-5,8-9H2,1H3. The van der Waals surface area contributed by atoms with E-state index in [4.69, 9.17) is 0 Å². The monoisotopic (exact) mass is 300 g/mol. The fourth-order valence-electron chi connectivity index (χ4n) is 2.59. The van der Waals surface area contributed by atoms with Gasteiger partial charge in [0.2, 0.25) is 0 Å². The van der Waals surface area contributed by atoms with Gasteiger partial charge < -0.3 is 10.2 Å². The average Bonchev–Trinajstić information content (AvgIpc) is 2.74. The summed E-state index contributed by atoms with van der Waals surface area (Å²) in [6, 6.07) is 3.71. The molecule has 1 amide bonds. The third kappa shape index (κ3) is 3.68. The minimum atomic E-state index is -4.48. The lowest BCUT2D eigenvalue weighted by atomic mass is 10.1. The van der Waals surface area contributed by atoms with Gasteiger partial charge in [-0.2, -0.15) is 13.2 Å². The second-order valence-corrected chi connectivity index (χ2v) is 5.21. The van der Waals surface area contributed by atoms with Gasteiger partial charge in [-0.1, -0.05) is 12.8 Å². The van der Waals surface area contributed by atoms with E-state index in [2.05, 4.69) is 5.32 Å². The highest BCUT2D eigenvalue weighted by Gasteiger charge is 2.34. The van der Waals surface area contributed by atoms with Crippen molar-refractivity contribution in [2.45, 2.75) is 31.9 Å². The van der Waals surface area contributed by atoms with Crippen molar-refractivity contribution in [2.24, 2.45) is 0 Å². The minimum absolute atomic E-state index is 0.0186. The molecule has 0 atom stereocenters. The molecule has 1 aliphatic rings. The largest absolute Gasteiger partial charge is 0.418 e. The Bertz CT molecular complexity index is 506. The first-order valence-corrected chi connectivity index (χ1v) is 7.12. The summed E-state index contributed by atoms with van der Waals surface area (Å²) in [6.07, 6.45) is -0.529. The number of nitrogens with zero attached hydrogens (tertiary/aromatic N) is 1. The first kappa shape index (κ1) is 15.7. The summed E-state index contributed by atoms with van der Waals surface area (Å²) in [5, 5.41) is 2.51. The summed E-state index contributed by atoms with van der Waals surface area (Å²) in [4.78, 5) is 14.0. The Morgan fingerprint density at radius 1 is 1.14 bits per heavy atom. The Morgan fingerprint density at radius 2 is 1.76 bits per heavy atom. The molecule has 1 heterocycles. The van der Waals surface area contributed by atoms with Gasteiger partial charge in [0.15, 0.2) is 0 Å². The predicted octanol–water partition coefficient (Wildman–Crippen LogP) is 3.76. The highest BCUT2D eigenvalue weighted by Crippen LogP contribution is 2.35. The molecule has 0 saturated carbocycles. The molecule has 6 heteroatoms. The molecular formula is C15H19F3N2O. The first-order valence-electron chi connectivity index (χ1n) is 7.12. The molecule has 1 aromatic carbocycles. The topological polar surface area (TPSA) is 32.3 Å². The lowest BCUT2D eigenvalue weighted by Crippen LogP contribution is -2.32. The summed E-state index contributed by atoms with van der Waals surface area (Å²) >= 11 is 0. The number of hydrogen-bond donors (Lipinski definition) is 1. The van der Waals surface area contributed by atoms with E-state index in [1.807, 2.05) is 0 Å². The Morgan fingerprint density at radius 3 is 2.29 bits per heavy atom. The average molecular weight is 300 g/mol. The van der Waals surface area contributed by atoms with Crippen LogP contribution in [-0.2, 0) is 6.18 Å². The summed E-state index contributed by atoms with van der Waals surface area (Å²) in [5.74, 6) is -0.315. The summed E-state index contributed by atoms with van der Waals surface area (Å²) < 4.78 is 39.1. The number of anilines is 1. The molecule has 1 saturated heterocycles. The fourth-order valence-corrected chi connectivity index (χ4v) is 2.59. The molecule has 116 valence electrons. The second kappa shape index (κ2) is 6.37. The van der Waals surface area contributed by atoms with Crippen molar-refractivity contribution in [3.63, 3.8) is 0 Å². The van der Waals surface area contributed by atoms with E-state index in [-0.39, 0.29) is 17.2 Å². The van der Waals surface area contributed by atoms with Crippen LogP contribution < -0.4 is 5.32 Å². The number of carbonyl (C=O) groups is 1. The van der Waals surface area contributed by atoms with Crippen LogP contribution in [-0.4, -0.2) is 30.9 Å². The molecule has 0 unspecified atom stereocenters.